The van der Waals surface area contributed by atoms with Crippen LogP contribution in [-0.2, 0) is 9.53 Å². The minimum absolute atomic E-state index is 0.0607. The predicted octanol–water partition coefficient (Wildman–Crippen LogP) is 3.46. The highest BCUT2D eigenvalue weighted by Gasteiger charge is 2.64. The summed E-state index contributed by atoms with van der Waals surface area (Å²) in [4.78, 5) is 11.8. The summed E-state index contributed by atoms with van der Waals surface area (Å²) in [5, 5.41) is 10.1. The summed E-state index contributed by atoms with van der Waals surface area (Å²) in [6.07, 6.45) is 9.02. The Morgan fingerprint density at radius 1 is 1.10 bits per heavy atom. The fraction of sp³-hybridized carbons (Fsp3) is 0.833. The van der Waals surface area contributed by atoms with Crippen LogP contribution in [0.15, 0.2) is 11.6 Å². The molecule has 118 valence electrons. The first-order valence-electron chi connectivity index (χ1n) is 8.06. The maximum Gasteiger partial charge on any atom is 0.333 e. The van der Waals surface area contributed by atoms with E-state index in [0.717, 1.165) is 37.7 Å². The minimum Gasteiger partial charge on any atom is -0.466 e. The van der Waals surface area contributed by atoms with Gasteiger partial charge >= 0.3 is 5.97 Å². The third-order valence-electron chi connectivity index (χ3n) is 6.11. The second-order valence-electron chi connectivity index (χ2n) is 9.02. The van der Waals surface area contributed by atoms with E-state index >= 15 is 0 Å². The highest BCUT2D eigenvalue weighted by molar-refractivity contribution is 5.87. The lowest BCUT2D eigenvalue weighted by Crippen LogP contribution is -2.60. The number of hydrogen-bond acceptors (Lipinski definition) is 3. The third kappa shape index (κ3) is 2.34. The van der Waals surface area contributed by atoms with Crippen LogP contribution < -0.4 is 0 Å². The van der Waals surface area contributed by atoms with Crippen LogP contribution in [0.1, 0.15) is 59.3 Å². The normalized spacial score (nSPS) is 48.5. The maximum absolute atomic E-state index is 11.8. The van der Waals surface area contributed by atoms with E-state index in [0.29, 0.717) is 10.8 Å². The zero-order valence-corrected chi connectivity index (χ0v) is 13.8. The van der Waals surface area contributed by atoms with Gasteiger partial charge in [-0.1, -0.05) is 19.9 Å². The van der Waals surface area contributed by atoms with Gasteiger partial charge in [0, 0.05) is 12.2 Å². The van der Waals surface area contributed by atoms with Crippen LogP contribution in [0, 0.1) is 21.7 Å². The van der Waals surface area contributed by atoms with Gasteiger partial charge in [0.25, 0.3) is 0 Å². The van der Waals surface area contributed by atoms with E-state index in [1.165, 1.54) is 13.5 Å². The number of rotatable bonds is 3. The summed E-state index contributed by atoms with van der Waals surface area (Å²) in [5.41, 5.74) is 1.46. The van der Waals surface area contributed by atoms with Crippen LogP contribution in [0.2, 0.25) is 0 Å². The van der Waals surface area contributed by atoms with Crippen LogP contribution >= 0.6 is 0 Å². The molecule has 1 N–H and O–H groups in total. The summed E-state index contributed by atoms with van der Waals surface area (Å²) in [7, 11) is 1.44. The molecular weight excluding hydrogens is 264 g/mol. The zero-order valence-electron chi connectivity index (χ0n) is 13.8. The second kappa shape index (κ2) is 4.34. The summed E-state index contributed by atoms with van der Waals surface area (Å²) in [6, 6.07) is 0. The molecule has 4 saturated carbocycles. The molecule has 4 rings (SSSR count). The smallest absolute Gasteiger partial charge is 0.333 e. The molecule has 3 heteroatoms. The number of carbonyl (C=O) groups excluding carboxylic acids is 1. The minimum atomic E-state index is -0.223. The van der Waals surface area contributed by atoms with Gasteiger partial charge in [0.15, 0.2) is 0 Å². The molecule has 0 heterocycles. The Balaban J connectivity index is 2.02. The molecule has 4 fully saturated rings. The number of carbonyl (C=O) groups is 1. The van der Waals surface area contributed by atoms with E-state index in [4.69, 9.17) is 4.74 Å². The monoisotopic (exact) mass is 292 g/mol. The molecule has 4 aliphatic carbocycles. The van der Waals surface area contributed by atoms with Gasteiger partial charge in [-0.3, -0.25) is 0 Å². The lowest BCUT2D eigenvalue weighted by molar-refractivity contribution is -0.185. The molecule has 0 aromatic carbocycles. The van der Waals surface area contributed by atoms with Crippen LogP contribution in [0.3, 0.4) is 0 Å². The topological polar surface area (TPSA) is 46.5 Å². The summed E-state index contributed by atoms with van der Waals surface area (Å²) in [5.74, 6) is -0.223. The number of hydrogen-bond donors (Lipinski definition) is 1. The molecule has 2 unspecified atom stereocenters. The molecule has 0 aromatic rings. The molecule has 0 saturated heterocycles. The molecule has 21 heavy (non-hydrogen) atoms. The third-order valence-corrected chi connectivity index (χ3v) is 6.11. The van der Waals surface area contributed by atoms with E-state index in [-0.39, 0.29) is 23.4 Å². The Kier molecular flexibility index (Phi) is 3.12. The first-order valence-corrected chi connectivity index (χ1v) is 8.06. The van der Waals surface area contributed by atoms with E-state index in [1.807, 2.05) is 6.92 Å². The van der Waals surface area contributed by atoms with E-state index in [2.05, 4.69) is 19.9 Å². The Hall–Kier alpha value is -0.830. The molecule has 0 spiro atoms. The summed E-state index contributed by atoms with van der Waals surface area (Å²) >= 11 is 0. The predicted molar refractivity (Wildman–Crippen MR) is 81.6 cm³/mol. The fourth-order valence-electron chi connectivity index (χ4n) is 7.04. The first-order chi connectivity index (χ1) is 9.67. The van der Waals surface area contributed by atoms with Crippen molar-refractivity contribution in [3.63, 3.8) is 0 Å². The number of aliphatic hydroxyl groups excluding tert-OH is 1. The maximum atomic E-state index is 11.8. The van der Waals surface area contributed by atoms with Crippen LogP contribution in [-0.4, -0.2) is 24.8 Å². The fourth-order valence-corrected chi connectivity index (χ4v) is 7.04. The Morgan fingerprint density at radius 2 is 1.67 bits per heavy atom. The van der Waals surface area contributed by atoms with E-state index in [1.54, 1.807) is 0 Å². The average Bonchev–Trinajstić information content (AvgIpc) is 2.32. The van der Waals surface area contributed by atoms with Crippen molar-refractivity contribution in [2.45, 2.75) is 59.3 Å². The van der Waals surface area contributed by atoms with Crippen LogP contribution in [0.5, 0.6) is 0 Å². The number of esters is 1. The van der Waals surface area contributed by atoms with Gasteiger partial charge in [0.05, 0.1) is 7.11 Å². The zero-order chi connectivity index (χ0) is 15.5. The van der Waals surface area contributed by atoms with Gasteiger partial charge in [0.2, 0.25) is 0 Å². The lowest BCUT2D eigenvalue weighted by atomic mass is 9.36. The lowest BCUT2D eigenvalue weighted by Gasteiger charge is -2.69. The van der Waals surface area contributed by atoms with Gasteiger partial charge in [-0.25, -0.2) is 4.79 Å². The Morgan fingerprint density at radius 3 is 2.14 bits per heavy atom. The highest BCUT2D eigenvalue weighted by atomic mass is 16.5. The van der Waals surface area contributed by atoms with Crippen molar-refractivity contribution in [1.82, 2.24) is 0 Å². The van der Waals surface area contributed by atoms with Crippen LogP contribution in [0.4, 0.5) is 0 Å². The molecule has 4 aliphatic rings. The van der Waals surface area contributed by atoms with Gasteiger partial charge < -0.3 is 9.84 Å². The Labute approximate surface area is 127 Å². The van der Waals surface area contributed by atoms with Crippen molar-refractivity contribution >= 4 is 5.97 Å². The van der Waals surface area contributed by atoms with Gasteiger partial charge in [-0.2, -0.15) is 0 Å². The number of allylic oxidation sites excluding steroid dienone is 1. The molecular formula is C18H28O3. The highest BCUT2D eigenvalue weighted by Crippen LogP contribution is 2.74. The molecule has 2 atom stereocenters. The molecule has 4 bridgehead atoms. The number of methoxy groups -OCH3 is 1. The summed E-state index contributed by atoms with van der Waals surface area (Å²) in [6.45, 7) is 6.90. The van der Waals surface area contributed by atoms with E-state index in [9.17, 15) is 9.90 Å². The quantitative estimate of drug-likeness (QED) is 0.640. The van der Waals surface area contributed by atoms with Crippen LogP contribution in [0.25, 0.3) is 0 Å². The molecule has 0 radical (unpaired) electrons. The van der Waals surface area contributed by atoms with Gasteiger partial charge in [-0.15, -0.1) is 0 Å². The van der Waals surface area contributed by atoms with Crippen molar-refractivity contribution in [3.8, 4) is 0 Å². The standard InChI is InChI=1S/C18H28O3/c1-13(14(20)21-4)5-17-7-15(2)6-16(3,8-17)10-18(9-15,11-17)12-19/h5,19H,6-12H2,1-4H3/b13-5+. The first kappa shape index (κ1) is 15.1. The summed E-state index contributed by atoms with van der Waals surface area (Å²) < 4.78 is 4.87. The van der Waals surface area contributed by atoms with Crippen molar-refractivity contribution in [2.24, 2.45) is 21.7 Å². The number of ether oxygens (including phenoxy) is 1. The van der Waals surface area contributed by atoms with Crippen molar-refractivity contribution in [2.75, 3.05) is 13.7 Å². The molecule has 3 nitrogen and oxygen atoms in total. The molecule has 0 aromatic heterocycles. The van der Waals surface area contributed by atoms with Crippen molar-refractivity contribution < 1.29 is 14.6 Å². The molecule has 0 amide bonds. The SMILES string of the molecule is COC(=O)/C(C)=C/C12CC3(C)CC(C)(C1)CC(CO)(C3)C2. The van der Waals surface area contributed by atoms with Crippen molar-refractivity contribution in [3.05, 3.63) is 11.6 Å². The van der Waals surface area contributed by atoms with Crippen molar-refractivity contribution in [1.29, 1.82) is 0 Å². The van der Waals surface area contributed by atoms with E-state index < -0.39 is 0 Å². The van der Waals surface area contributed by atoms with Gasteiger partial charge in [0.1, 0.15) is 0 Å². The largest absolute Gasteiger partial charge is 0.466 e. The Bertz CT molecular complexity index is 487. The van der Waals surface area contributed by atoms with Gasteiger partial charge in [-0.05, 0) is 67.1 Å². The molecule has 0 aliphatic heterocycles. The average molecular weight is 292 g/mol. The second-order valence-corrected chi connectivity index (χ2v) is 9.02. The number of aliphatic hydroxyl groups is 1.